The summed E-state index contributed by atoms with van der Waals surface area (Å²) in [4.78, 5) is 38.9. The number of carbonyl (C=O) groups excluding carboxylic acids is 3. The fourth-order valence-electron chi connectivity index (χ4n) is 3.94. The van der Waals surface area contributed by atoms with Gasteiger partial charge in [-0.3, -0.25) is 19.8 Å². The van der Waals surface area contributed by atoms with E-state index in [1.807, 2.05) is 0 Å². The van der Waals surface area contributed by atoms with Crippen LogP contribution in [-0.2, 0) is 14.3 Å². The van der Waals surface area contributed by atoms with Gasteiger partial charge in [0.1, 0.15) is 5.82 Å². The van der Waals surface area contributed by atoms with Crippen molar-refractivity contribution in [2.24, 2.45) is 5.41 Å². The average Bonchev–Trinajstić information content (AvgIpc) is 2.84. The van der Waals surface area contributed by atoms with Crippen LogP contribution in [0.4, 0.5) is 28.0 Å². The van der Waals surface area contributed by atoms with Crippen molar-refractivity contribution in [2.45, 2.75) is 45.3 Å². The van der Waals surface area contributed by atoms with E-state index in [-0.39, 0.29) is 30.8 Å². The predicted molar refractivity (Wildman–Crippen MR) is 97.9 cm³/mol. The Morgan fingerprint density at radius 2 is 1.77 bits per heavy atom. The third kappa shape index (κ3) is 3.33. The first kappa shape index (κ1) is 21.8. The molecule has 0 spiro atoms. The van der Waals surface area contributed by atoms with Crippen LogP contribution in [0.5, 0.6) is 0 Å². The molecule has 1 aliphatic heterocycles. The first-order valence-corrected chi connectivity index (χ1v) is 9.22. The largest absolute Gasteiger partial charge is 0.450 e. The average molecular weight is 428 g/mol. The van der Waals surface area contributed by atoms with Crippen molar-refractivity contribution in [3.05, 3.63) is 41.4 Å². The Morgan fingerprint density at radius 1 is 1.17 bits per heavy atom. The van der Waals surface area contributed by atoms with E-state index < -0.39 is 46.3 Å². The standard InChI is InChI=1S/C20H20F4N2O4/c1-4-30-17(29)25-19(20(22,23)24)15-13(9-18(2,3)10-14(15)27)26(16(19)28)12-7-5-11(21)6-8-12/h5-8H,4,9-10H2,1-3H3,(H,25,29)/t19-/m0/s1. The Bertz CT molecular complexity index is 937. The highest BCUT2D eigenvalue weighted by Gasteiger charge is 2.72. The number of alkyl carbamates (subject to hydrolysis) is 1. The van der Waals surface area contributed by atoms with Gasteiger partial charge in [-0.1, -0.05) is 13.8 Å². The molecule has 0 bridgehead atoms. The van der Waals surface area contributed by atoms with Gasteiger partial charge in [0.05, 0.1) is 12.2 Å². The third-order valence-corrected chi connectivity index (χ3v) is 5.10. The quantitative estimate of drug-likeness (QED) is 0.742. The zero-order chi connectivity index (χ0) is 22.5. The Morgan fingerprint density at radius 3 is 2.30 bits per heavy atom. The Kier molecular flexibility index (Phi) is 5.16. The monoisotopic (exact) mass is 428 g/mol. The minimum absolute atomic E-state index is 0.0282. The summed E-state index contributed by atoms with van der Waals surface area (Å²) < 4.78 is 61.1. The zero-order valence-corrected chi connectivity index (χ0v) is 16.5. The second kappa shape index (κ2) is 7.10. The first-order chi connectivity index (χ1) is 13.8. The summed E-state index contributed by atoms with van der Waals surface area (Å²) in [5, 5.41) is 1.62. The fraction of sp³-hybridized carbons (Fsp3) is 0.450. The Labute approximate surface area is 169 Å². The topological polar surface area (TPSA) is 75.7 Å². The molecule has 0 radical (unpaired) electrons. The van der Waals surface area contributed by atoms with E-state index in [1.54, 1.807) is 19.2 Å². The molecule has 0 saturated heterocycles. The number of benzene rings is 1. The van der Waals surface area contributed by atoms with Gasteiger partial charge in [-0.2, -0.15) is 13.2 Å². The van der Waals surface area contributed by atoms with Gasteiger partial charge in [-0.25, -0.2) is 9.18 Å². The van der Waals surface area contributed by atoms with Crippen LogP contribution in [0.2, 0.25) is 0 Å². The maximum atomic E-state index is 14.4. The number of nitrogens with one attached hydrogen (secondary N) is 1. The van der Waals surface area contributed by atoms with Crippen LogP contribution < -0.4 is 10.2 Å². The van der Waals surface area contributed by atoms with E-state index in [2.05, 4.69) is 4.74 Å². The molecule has 2 amide bonds. The number of hydrogen-bond donors (Lipinski definition) is 1. The Hall–Kier alpha value is -2.91. The van der Waals surface area contributed by atoms with Crippen LogP contribution in [0, 0.1) is 11.2 Å². The molecule has 1 N–H and O–H groups in total. The molecule has 6 nitrogen and oxygen atoms in total. The highest BCUT2D eigenvalue weighted by atomic mass is 19.4. The molecule has 1 aromatic rings. The predicted octanol–water partition coefficient (Wildman–Crippen LogP) is 3.86. The minimum atomic E-state index is -5.33. The van der Waals surface area contributed by atoms with Gasteiger partial charge in [0.2, 0.25) is 5.54 Å². The van der Waals surface area contributed by atoms with Gasteiger partial charge >= 0.3 is 12.3 Å². The van der Waals surface area contributed by atoms with Crippen LogP contribution in [0.15, 0.2) is 35.5 Å². The number of hydrogen-bond acceptors (Lipinski definition) is 4. The van der Waals surface area contributed by atoms with Gasteiger partial charge in [-0.05, 0) is 43.0 Å². The third-order valence-electron chi connectivity index (χ3n) is 5.10. The van der Waals surface area contributed by atoms with Gasteiger partial charge in [0, 0.05) is 17.8 Å². The summed E-state index contributed by atoms with van der Waals surface area (Å²) in [6.07, 6.45) is -7.07. The van der Waals surface area contributed by atoms with Crippen molar-refractivity contribution < 1.29 is 36.7 Å². The van der Waals surface area contributed by atoms with Crippen LogP contribution in [0.3, 0.4) is 0 Å². The molecule has 0 fully saturated rings. The van der Waals surface area contributed by atoms with E-state index in [0.717, 1.165) is 29.2 Å². The molecule has 1 aliphatic carbocycles. The van der Waals surface area contributed by atoms with Crippen molar-refractivity contribution in [1.82, 2.24) is 5.32 Å². The molecule has 0 unspecified atom stereocenters. The first-order valence-electron chi connectivity index (χ1n) is 9.22. The van der Waals surface area contributed by atoms with E-state index >= 15 is 0 Å². The highest BCUT2D eigenvalue weighted by Crippen LogP contribution is 2.52. The van der Waals surface area contributed by atoms with E-state index in [9.17, 15) is 31.9 Å². The second-order valence-electron chi connectivity index (χ2n) is 7.97. The lowest BCUT2D eigenvalue weighted by Crippen LogP contribution is -2.66. The number of ether oxygens (including phenoxy) is 1. The summed E-state index contributed by atoms with van der Waals surface area (Å²) >= 11 is 0. The number of allylic oxidation sites excluding steroid dienone is 1. The van der Waals surface area contributed by atoms with E-state index in [1.165, 1.54) is 6.92 Å². The van der Waals surface area contributed by atoms with Gasteiger partial charge in [-0.15, -0.1) is 0 Å². The lowest BCUT2D eigenvalue weighted by molar-refractivity contribution is -0.186. The molecular weight excluding hydrogens is 408 g/mol. The van der Waals surface area contributed by atoms with Gasteiger partial charge < -0.3 is 4.74 Å². The maximum absolute atomic E-state index is 14.4. The van der Waals surface area contributed by atoms with Crippen molar-refractivity contribution in [3.63, 3.8) is 0 Å². The number of carbonyl (C=O) groups is 3. The number of nitrogens with zero attached hydrogens (tertiary/aromatic N) is 1. The van der Waals surface area contributed by atoms with Crippen LogP contribution in [-0.4, -0.2) is 36.1 Å². The second-order valence-corrected chi connectivity index (χ2v) is 7.97. The van der Waals surface area contributed by atoms with Gasteiger partial charge in [0.25, 0.3) is 5.91 Å². The molecule has 2 aliphatic rings. The highest BCUT2D eigenvalue weighted by molar-refractivity contribution is 6.20. The molecule has 1 heterocycles. The number of alkyl halides is 3. The summed E-state index contributed by atoms with van der Waals surface area (Å²) in [6.45, 7) is 4.53. The molecule has 10 heteroatoms. The van der Waals surface area contributed by atoms with Crippen molar-refractivity contribution in [1.29, 1.82) is 0 Å². The number of amides is 2. The molecular formula is C20H20F4N2O4. The van der Waals surface area contributed by atoms with Crippen molar-refractivity contribution >= 4 is 23.5 Å². The lowest BCUT2D eigenvalue weighted by Gasteiger charge is -2.35. The smallest absolute Gasteiger partial charge is 0.425 e. The number of halogens is 4. The number of anilines is 1. The molecule has 162 valence electrons. The summed E-state index contributed by atoms with van der Waals surface area (Å²) in [5.74, 6) is -3.11. The number of rotatable bonds is 3. The van der Waals surface area contributed by atoms with Crippen molar-refractivity contribution in [3.8, 4) is 0 Å². The minimum Gasteiger partial charge on any atom is -0.450 e. The molecule has 3 rings (SSSR count). The fourth-order valence-corrected chi connectivity index (χ4v) is 3.94. The molecule has 1 aromatic carbocycles. The lowest BCUT2D eigenvalue weighted by atomic mass is 9.72. The zero-order valence-electron chi connectivity index (χ0n) is 16.5. The van der Waals surface area contributed by atoms with Crippen LogP contribution in [0.1, 0.15) is 33.6 Å². The normalized spacial score (nSPS) is 23.5. The van der Waals surface area contributed by atoms with Crippen LogP contribution in [0.25, 0.3) is 0 Å². The van der Waals surface area contributed by atoms with Gasteiger partial charge in [0.15, 0.2) is 5.78 Å². The summed E-state index contributed by atoms with van der Waals surface area (Å²) in [6, 6.07) is 4.26. The Balaban J connectivity index is 2.28. The SMILES string of the molecule is CCOC(=O)N[C@]1(C(F)(F)F)C(=O)N(c2ccc(F)cc2)C2=C1C(=O)CC(C)(C)C2. The van der Waals surface area contributed by atoms with Crippen molar-refractivity contribution in [2.75, 3.05) is 11.5 Å². The number of Topliss-reactive ketones (excluding diaryl/α,β-unsaturated/α-hetero) is 1. The van der Waals surface area contributed by atoms with Crippen LogP contribution >= 0.6 is 0 Å². The summed E-state index contributed by atoms with van der Waals surface area (Å²) in [7, 11) is 0. The molecule has 0 aromatic heterocycles. The van der Waals surface area contributed by atoms with E-state index in [0.29, 0.717) is 0 Å². The summed E-state index contributed by atoms with van der Waals surface area (Å²) in [5.41, 5.74) is -5.34. The number of ketones is 1. The molecule has 0 saturated carbocycles. The maximum Gasteiger partial charge on any atom is 0.425 e. The molecule has 30 heavy (non-hydrogen) atoms. The molecule has 1 atom stereocenters. The van der Waals surface area contributed by atoms with E-state index in [4.69, 9.17) is 0 Å².